The molecular formula is C18H26N6O3S. The average molecular weight is 407 g/mol. The number of rotatable bonds is 6. The Labute approximate surface area is 169 Å². The van der Waals surface area contributed by atoms with Gasteiger partial charge in [0.05, 0.1) is 19.0 Å². The fourth-order valence-electron chi connectivity index (χ4n) is 2.49. The predicted octanol–water partition coefficient (Wildman–Crippen LogP) is 0.928. The molecule has 0 aliphatic carbocycles. The molecule has 0 aromatic carbocycles. The number of hydrogen-bond donors (Lipinski definition) is 0. The quantitative estimate of drug-likeness (QED) is 0.398. The lowest BCUT2D eigenvalue weighted by Crippen LogP contribution is -2.41. The van der Waals surface area contributed by atoms with Crippen LogP contribution in [-0.4, -0.2) is 94.2 Å². The maximum absolute atomic E-state index is 10.6. The van der Waals surface area contributed by atoms with Crippen LogP contribution < -0.4 is 4.74 Å². The first-order chi connectivity index (χ1) is 13.5. The van der Waals surface area contributed by atoms with E-state index in [4.69, 9.17) is 4.74 Å². The number of fused-ring (bicyclic) bond motifs is 1. The minimum absolute atomic E-state index is 0.130. The molecule has 1 aliphatic heterocycles. The molecule has 0 radical (unpaired) electrons. The molecule has 1 saturated heterocycles. The lowest BCUT2D eigenvalue weighted by atomic mass is 10.4. The van der Waals surface area contributed by atoms with Crippen LogP contribution in [0.2, 0.25) is 0 Å². The SMILES string of the molecule is C=CC(=O)N(C)CC=O.COc1ncnc2c1ccn2SN1CCN(C)CC1. The van der Waals surface area contributed by atoms with Crippen LogP contribution in [0.4, 0.5) is 0 Å². The Hall–Kier alpha value is -2.43. The number of piperazine rings is 1. The maximum Gasteiger partial charge on any atom is 0.246 e. The molecule has 9 nitrogen and oxygen atoms in total. The highest BCUT2D eigenvalue weighted by atomic mass is 32.2. The normalized spacial score (nSPS) is 14.8. The van der Waals surface area contributed by atoms with Gasteiger partial charge in [0.25, 0.3) is 0 Å². The second-order valence-corrected chi connectivity index (χ2v) is 7.24. The summed E-state index contributed by atoms with van der Waals surface area (Å²) in [5.74, 6) is 0.393. The van der Waals surface area contributed by atoms with E-state index in [0.29, 0.717) is 12.2 Å². The van der Waals surface area contributed by atoms with Gasteiger partial charge in [-0.25, -0.2) is 14.3 Å². The second-order valence-electron chi connectivity index (χ2n) is 6.17. The number of hydrogen-bond acceptors (Lipinski definition) is 8. The summed E-state index contributed by atoms with van der Waals surface area (Å²) in [6, 6.07) is 2.00. The maximum atomic E-state index is 10.6. The number of carbonyl (C=O) groups is 2. The van der Waals surface area contributed by atoms with Gasteiger partial charge in [-0.05, 0) is 19.2 Å². The van der Waals surface area contributed by atoms with Crippen molar-refractivity contribution in [3.63, 3.8) is 0 Å². The lowest BCUT2D eigenvalue weighted by molar-refractivity contribution is -0.127. The third-order valence-corrected chi connectivity index (χ3v) is 5.24. The van der Waals surface area contributed by atoms with E-state index in [-0.39, 0.29) is 12.5 Å². The molecule has 0 atom stereocenters. The van der Waals surface area contributed by atoms with Crippen LogP contribution in [-0.2, 0) is 9.59 Å². The number of amides is 1. The van der Waals surface area contributed by atoms with Gasteiger partial charge in [0.2, 0.25) is 11.8 Å². The van der Waals surface area contributed by atoms with Gasteiger partial charge < -0.3 is 19.3 Å². The summed E-state index contributed by atoms with van der Waals surface area (Å²) in [5, 5.41) is 0.951. The third kappa shape index (κ3) is 5.78. The van der Waals surface area contributed by atoms with Crippen LogP contribution >= 0.6 is 12.1 Å². The number of aldehydes is 1. The molecule has 1 aliphatic rings. The van der Waals surface area contributed by atoms with Crippen LogP contribution in [0.25, 0.3) is 11.0 Å². The summed E-state index contributed by atoms with van der Waals surface area (Å²) in [4.78, 5) is 32.4. The summed E-state index contributed by atoms with van der Waals surface area (Å²) in [6.45, 7) is 7.71. The van der Waals surface area contributed by atoms with E-state index in [1.807, 2.05) is 12.3 Å². The van der Waals surface area contributed by atoms with Gasteiger partial charge in [-0.15, -0.1) is 0 Å². The van der Waals surface area contributed by atoms with Gasteiger partial charge in [0, 0.05) is 51.6 Å². The first kappa shape index (κ1) is 21.9. The number of nitrogens with zero attached hydrogens (tertiary/aromatic N) is 6. The van der Waals surface area contributed by atoms with Gasteiger partial charge >= 0.3 is 0 Å². The van der Waals surface area contributed by atoms with E-state index in [1.54, 1.807) is 32.6 Å². The number of ether oxygens (including phenoxy) is 1. The van der Waals surface area contributed by atoms with Crippen LogP contribution in [0.5, 0.6) is 5.88 Å². The summed E-state index contributed by atoms with van der Waals surface area (Å²) < 4.78 is 9.68. The number of methoxy groups -OCH3 is 1. The van der Waals surface area contributed by atoms with Crippen molar-refractivity contribution in [2.24, 2.45) is 0 Å². The van der Waals surface area contributed by atoms with Crippen LogP contribution in [0.15, 0.2) is 31.2 Å². The molecule has 2 aromatic heterocycles. The number of likely N-dealkylation sites (N-methyl/N-ethyl adjacent to an activating group) is 2. The van der Waals surface area contributed by atoms with Crippen molar-refractivity contribution in [1.29, 1.82) is 0 Å². The number of aromatic nitrogens is 3. The summed E-state index contributed by atoms with van der Waals surface area (Å²) in [6.07, 6.45) is 5.40. The molecule has 1 amide bonds. The van der Waals surface area contributed by atoms with Gasteiger partial charge in [-0.2, -0.15) is 0 Å². The van der Waals surface area contributed by atoms with Crippen molar-refractivity contribution in [2.75, 3.05) is 53.9 Å². The smallest absolute Gasteiger partial charge is 0.246 e. The molecule has 152 valence electrons. The van der Waals surface area contributed by atoms with E-state index in [0.717, 1.165) is 37.2 Å². The van der Waals surface area contributed by atoms with Gasteiger partial charge in [-0.1, -0.05) is 6.58 Å². The molecular weight excluding hydrogens is 380 g/mol. The Morgan fingerprint density at radius 2 is 2.07 bits per heavy atom. The molecule has 0 unspecified atom stereocenters. The largest absolute Gasteiger partial charge is 0.480 e. The van der Waals surface area contributed by atoms with Crippen molar-refractivity contribution in [2.45, 2.75) is 0 Å². The number of carbonyl (C=O) groups excluding carboxylic acids is 2. The third-order valence-electron chi connectivity index (χ3n) is 4.17. The van der Waals surface area contributed by atoms with E-state index >= 15 is 0 Å². The monoisotopic (exact) mass is 406 g/mol. The fraction of sp³-hybridized carbons (Fsp3) is 0.444. The highest BCUT2D eigenvalue weighted by Gasteiger charge is 2.17. The Morgan fingerprint density at radius 3 is 2.68 bits per heavy atom. The van der Waals surface area contributed by atoms with Gasteiger partial charge in [-0.3, -0.25) is 8.77 Å². The molecule has 2 aromatic rings. The van der Waals surface area contributed by atoms with Gasteiger partial charge in [0.15, 0.2) is 5.65 Å². The minimum atomic E-state index is -0.234. The van der Waals surface area contributed by atoms with Gasteiger partial charge in [0.1, 0.15) is 12.6 Å². The minimum Gasteiger partial charge on any atom is -0.480 e. The highest BCUT2D eigenvalue weighted by Crippen LogP contribution is 2.26. The van der Waals surface area contributed by atoms with Crippen LogP contribution in [0.3, 0.4) is 0 Å². The van der Waals surface area contributed by atoms with Crippen molar-refractivity contribution in [1.82, 2.24) is 28.0 Å². The van der Waals surface area contributed by atoms with E-state index in [1.165, 1.54) is 11.0 Å². The second kappa shape index (κ2) is 10.8. The fourth-order valence-corrected chi connectivity index (χ4v) is 3.40. The standard InChI is InChI=1S/C12H17N5OS.C6H9NO2/c1-15-5-7-16(8-6-15)19-17-4-3-10-11(17)13-9-14-12(10)18-2;1-3-6(9)7(2)4-5-8/h3-4,9H,5-8H2,1-2H3;3,5H,1,4H2,2H3. The average Bonchev–Trinajstić information content (AvgIpc) is 3.12. The molecule has 0 spiro atoms. The molecule has 0 saturated carbocycles. The molecule has 10 heteroatoms. The van der Waals surface area contributed by atoms with Crippen molar-refractivity contribution in [3.8, 4) is 5.88 Å². The zero-order valence-electron chi connectivity index (χ0n) is 16.4. The molecule has 0 N–H and O–H groups in total. The highest BCUT2D eigenvalue weighted by molar-refractivity contribution is 7.95. The van der Waals surface area contributed by atoms with Crippen molar-refractivity contribution in [3.05, 3.63) is 31.2 Å². The van der Waals surface area contributed by atoms with Crippen LogP contribution in [0, 0.1) is 0 Å². The van der Waals surface area contributed by atoms with E-state index in [2.05, 4.69) is 36.8 Å². The topological polar surface area (TPSA) is 83.8 Å². The zero-order chi connectivity index (χ0) is 20.5. The summed E-state index contributed by atoms with van der Waals surface area (Å²) in [7, 11) is 5.33. The molecule has 0 bridgehead atoms. The molecule has 28 heavy (non-hydrogen) atoms. The lowest BCUT2D eigenvalue weighted by Gasteiger charge is -2.31. The van der Waals surface area contributed by atoms with Crippen molar-refractivity contribution < 1.29 is 14.3 Å². The summed E-state index contributed by atoms with van der Waals surface area (Å²) in [5.41, 5.74) is 0.899. The first-order valence-corrected chi connectivity index (χ1v) is 9.52. The Bertz CT molecular complexity index is 804. The zero-order valence-corrected chi connectivity index (χ0v) is 17.3. The molecule has 3 heterocycles. The first-order valence-electron chi connectivity index (χ1n) is 8.79. The molecule has 3 rings (SSSR count). The van der Waals surface area contributed by atoms with Crippen LogP contribution in [0.1, 0.15) is 0 Å². The van der Waals surface area contributed by atoms with Crippen molar-refractivity contribution >= 4 is 35.4 Å². The Morgan fingerprint density at radius 1 is 1.36 bits per heavy atom. The Kier molecular flexibility index (Phi) is 8.42. The Balaban J connectivity index is 0.000000266. The van der Waals surface area contributed by atoms with E-state index in [9.17, 15) is 9.59 Å². The summed E-state index contributed by atoms with van der Waals surface area (Å²) >= 11 is 1.70. The van der Waals surface area contributed by atoms with E-state index < -0.39 is 0 Å². The predicted molar refractivity (Wildman–Crippen MR) is 110 cm³/mol. The molecule has 1 fully saturated rings.